The molecule has 1 aliphatic heterocycles. The first-order valence-corrected chi connectivity index (χ1v) is 11.1. The molecule has 9 heteroatoms. The van der Waals surface area contributed by atoms with Crippen LogP contribution in [0.4, 0.5) is 17.1 Å². The second kappa shape index (κ2) is 8.35. The largest absolute Gasteiger partial charge is 0.464 e. The van der Waals surface area contributed by atoms with Gasteiger partial charge in [-0.2, -0.15) is 0 Å². The van der Waals surface area contributed by atoms with E-state index in [1.165, 1.54) is 4.90 Å². The molecule has 1 amide bonds. The van der Waals surface area contributed by atoms with E-state index in [0.29, 0.717) is 27.6 Å². The van der Waals surface area contributed by atoms with Gasteiger partial charge >= 0.3 is 0 Å². The van der Waals surface area contributed by atoms with Crippen LogP contribution in [0.5, 0.6) is 0 Å². The van der Waals surface area contributed by atoms with Gasteiger partial charge < -0.3 is 25.1 Å². The van der Waals surface area contributed by atoms with Crippen LogP contribution in [0.15, 0.2) is 38.3 Å². The maximum atomic E-state index is 12.9. The quantitative estimate of drug-likeness (QED) is 0.450. The SMILES string of the molecule is Cc1ccc([C@H](Nc2c(Nc3ccc(Cl)c4c3C(=O)N(CCO)C4)c(=O)c2=O)C(C)(C)C)o1. The summed E-state index contributed by atoms with van der Waals surface area (Å²) in [7, 11) is 0. The molecule has 4 rings (SSSR count). The Balaban J connectivity index is 1.69. The number of β-amino-alcohol motifs (C(OH)–C–C–N with tert-alkyl or cyclic N) is 1. The van der Waals surface area contributed by atoms with Gasteiger partial charge in [0, 0.05) is 23.7 Å². The Bertz CT molecular complexity index is 1300. The van der Waals surface area contributed by atoms with E-state index in [0.717, 1.165) is 5.76 Å². The smallest absolute Gasteiger partial charge is 0.256 e. The molecule has 0 saturated heterocycles. The summed E-state index contributed by atoms with van der Waals surface area (Å²) in [5, 5.41) is 15.9. The van der Waals surface area contributed by atoms with Crippen molar-refractivity contribution >= 4 is 34.6 Å². The Labute approximate surface area is 195 Å². The molecule has 1 aromatic heterocycles. The van der Waals surface area contributed by atoms with Gasteiger partial charge in [-0.15, -0.1) is 0 Å². The van der Waals surface area contributed by atoms with Crippen molar-refractivity contribution in [2.45, 2.75) is 40.3 Å². The number of aliphatic hydroxyl groups is 1. The van der Waals surface area contributed by atoms with E-state index in [2.05, 4.69) is 10.6 Å². The monoisotopic (exact) mass is 471 g/mol. The van der Waals surface area contributed by atoms with Crippen LogP contribution in [0, 0.1) is 12.3 Å². The Morgan fingerprint density at radius 2 is 1.82 bits per heavy atom. The zero-order valence-electron chi connectivity index (χ0n) is 18.9. The number of aryl methyl sites for hydroxylation is 1. The van der Waals surface area contributed by atoms with Crippen molar-refractivity contribution < 1.29 is 14.3 Å². The molecule has 0 fully saturated rings. The number of aliphatic hydroxyl groups excluding tert-OH is 1. The summed E-state index contributed by atoms with van der Waals surface area (Å²) in [4.78, 5) is 39.3. The fraction of sp³-hybridized carbons (Fsp3) is 0.375. The number of nitrogens with one attached hydrogen (secondary N) is 2. The van der Waals surface area contributed by atoms with E-state index in [1.807, 2.05) is 39.8 Å². The normalized spacial score (nSPS) is 14.6. The molecule has 0 spiro atoms. The first-order chi connectivity index (χ1) is 15.5. The minimum Gasteiger partial charge on any atom is -0.464 e. The Hall–Kier alpha value is -3.10. The fourth-order valence-corrected chi connectivity index (χ4v) is 4.32. The van der Waals surface area contributed by atoms with Crippen molar-refractivity contribution in [3.8, 4) is 0 Å². The summed E-state index contributed by atoms with van der Waals surface area (Å²) >= 11 is 6.30. The van der Waals surface area contributed by atoms with Gasteiger partial charge in [0.15, 0.2) is 0 Å². The molecule has 2 heterocycles. The van der Waals surface area contributed by atoms with Gasteiger partial charge in [0.2, 0.25) is 0 Å². The van der Waals surface area contributed by atoms with E-state index < -0.39 is 10.9 Å². The highest BCUT2D eigenvalue weighted by atomic mass is 35.5. The predicted molar refractivity (Wildman–Crippen MR) is 127 cm³/mol. The van der Waals surface area contributed by atoms with Crippen LogP contribution in [0.2, 0.25) is 5.02 Å². The van der Waals surface area contributed by atoms with E-state index in [1.54, 1.807) is 12.1 Å². The fourth-order valence-electron chi connectivity index (χ4n) is 4.10. The van der Waals surface area contributed by atoms with Crippen molar-refractivity contribution in [2.75, 3.05) is 23.8 Å². The summed E-state index contributed by atoms with van der Waals surface area (Å²) in [6, 6.07) is 6.57. The number of fused-ring (bicyclic) bond motifs is 1. The number of hydrogen-bond acceptors (Lipinski definition) is 7. The summed E-state index contributed by atoms with van der Waals surface area (Å²) in [5.41, 5.74) is -0.0438. The first-order valence-electron chi connectivity index (χ1n) is 10.7. The van der Waals surface area contributed by atoms with E-state index in [-0.39, 0.29) is 48.4 Å². The molecule has 2 aromatic carbocycles. The van der Waals surface area contributed by atoms with Gasteiger partial charge in [0.05, 0.1) is 23.9 Å². The lowest BCUT2D eigenvalue weighted by atomic mass is 9.85. The summed E-state index contributed by atoms with van der Waals surface area (Å²) in [6.07, 6.45) is 0. The maximum Gasteiger partial charge on any atom is 0.256 e. The van der Waals surface area contributed by atoms with Crippen molar-refractivity contribution in [3.63, 3.8) is 0 Å². The minimum absolute atomic E-state index is 0.0930. The summed E-state index contributed by atoms with van der Waals surface area (Å²) in [5.74, 6) is 1.10. The third kappa shape index (κ3) is 4.05. The molecule has 3 aromatic rings. The number of halogens is 1. The molecule has 3 N–H and O–H groups in total. The summed E-state index contributed by atoms with van der Waals surface area (Å²) < 4.78 is 5.79. The predicted octanol–water partition coefficient (Wildman–Crippen LogP) is 3.73. The number of rotatable bonds is 7. The van der Waals surface area contributed by atoms with Crippen molar-refractivity contribution in [2.24, 2.45) is 5.41 Å². The lowest BCUT2D eigenvalue weighted by Crippen LogP contribution is -2.39. The number of hydrogen-bond donors (Lipinski definition) is 3. The number of carbonyl (C=O) groups excluding carboxylic acids is 1. The van der Waals surface area contributed by atoms with Gasteiger partial charge in [-0.1, -0.05) is 32.4 Å². The molecular weight excluding hydrogens is 446 g/mol. The van der Waals surface area contributed by atoms with Gasteiger partial charge in [0.25, 0.3) is 16.8 Å². The highest BCUT2D eigenvalue weighted by Gasteiger charge is 2.35. The van der Waals surface area contributed by atoms with E-state index in [4.69, 9.17) is 16.0 Å². The van der Waals surface area contributed by atoms with Crippen molar-refractivity contribution in [1.29, 1.82) is 0 Å². The lowest BCUT2D eigenvalue weighted by Gasteiger charge is -2.31. The number of benzene rings is 1. The molecule has 0 aliphatic carbocycles. The topological polar surface area (TPSA) is 112 Å². The van der Waals surface area contributed by atoms with Crippen LogP contribution in [-0.2, 0) is 6.54 Å². The highest BCUT2D eigenvalue weighted by Crippen LogP contribution is 2.39. The number of nitrogens with zero attached hydrogens (tertiary/aromatic N) is 1. The minimum atomic E-state index is -0.665. The number of carbonyl (C=O) groups is 1. The van der Waals surface area contributed by atoms with E-state index in [9.17, 15) is 19.5 Å². The standard InChI is InChI=1S/C24H26ClN3O5/c1-12-5-8-16(33-12)22(24(2,3)4)27-19-18(20(30)21(19)31)26-15-7-6-14(25)13-11-28(9-10-29)23(32)17(13)15/h5-8,22,26-27,29H,9-11H2,1-4H3/t22-/m0/s1. The molecule has 0 unspecified atom stereocenters. The molecule has 0 radical (unpaired) electrons. The molecule has 33 heavy (non-hydrogen) atoms. The van der Waals surface area contributed by atoms with Crippen LogP contribution in [0.25, 0.3) is 0 Å². The van der Waals surface area contributed by atoms with Crippen LogP contribution in [0.3, 0.4) is 0 Å². The third-order valence-corrected chi connectivity index (χ3v) is 6.20. The first kappa shape index (κ1) is 23.1. The maximum absolute atomic E-state index is 12.9. The molecule has 0 bridgehead atoms. The van der Waals surface area contributed by atoms with Gasteiger partial charge in [-0.25, -0.2) is 0 Å². The Kier molecular flexibility index (Phi) is 5.84. The zero-order valence-corrected chi connectivity index (χ0v) is 19.7. The van der Waals surface area contributed by atoms with Gasteiger partial charge in [-0.3, -0.25) is 14.4 Å². The number of anilines is 3. The van der Waals surface area contributed by atoms with E-state index >= 15 is 0 Å². The van der Waals surface area contributed by atoms with Gasteiger partial charge in [-0.05, 0) is 36.6 Å². The molecular formula is C24H26ClN3O5. The van der Waals surface area contributed by atoms with Crippen LogP contribution >= 0.6 is 11.6 Å². The Morgan fingerprint density at radius 3 is 2.42 bits per heavy atom. The van der Waals surface area contributed by atoms with Crippen LogP contribution in [0.1, 0.15) is 54.3 Å². The van der Waals surface area contributed by atoms with Crippen LogP contribution < -0.4 is 21.5 Å². The molecule has 0 saturated carbocycles. The van der Waals surface area contributed by atoms with Crippen molar-refractivity contribution in [3.05, 3.63) is 72.4 Å². The zero-order chi connectivity index (χ0) is 24.1. The average molecular weight is 472 g/mol. The lowest BCUT2D eigenvalue weighted by molar-refractivity contribution is 0.0746. The molecule has 1 atom stereocenters. The number of furan rings is 1. The second-order valence-electron chi connectivity index (χ2n) is 9.32. The highest BCUT2D eigenvalue weighted by molar-refractivity contribution is 6.32. The second-order valence-corrected chi connectivity index (χ2v) is 9.73. The third-order valence-electron chi connectivity index (χ3n) is 5.85. The molecule has 174 valence electrons. The average Bonchev–Trinajstić information content (AvgIpc) is 3.32. The van der Waals surface area contributed by atoms with Crippen molar-refractivity contribution in [1.82, 2.24) is 4.90 Å². The van der Waals surface area contributed by atoms with Gasteiger partial charge in [0.1, 0.15) is 22.9 Å². The molecule has 1 aliphatic rings. The molecule has 8 nitrogen and oxygen atoms in total. The van der Waals surface area contributed by atoms with Crippen LogP contribution in [-0.4, -0.2) is 29.1 Å². The summed E-state index contributed by atoms with van der Waals surface area (Å²) in [6.45, 7) is 8.11. The number of amides is 1. The Morgan fingerprint density at radius 1 is 1.12 bits per heavy atom.